The second kappa shape index (κ2) is 25.2. The van der Waals surface area contributed by atoms with Crippen LogP contribution in [-0.4, -0.2) is 46.7 Å². The van der Waals surface area contributed by atoms with Crippen molar-refractivity contribution in [1.29, 1.82) is 0 Å². The van der Waals surface area contributed by atoms with E-state index in [1.807, 2.05) is 0 Å². The highest BCUT2D eigenvalue weighted by atomic mass is 32.2. The van der Waals surface area contributed by atoms with Crippen LogP contribution < -0.4 is 28.4 Å². The van der Waals surface area contributed by atoms with E-state index in [-0.39, 0.29) is 29.4 Å². The molecule has 0 saturated carbocycles. The smallest absolute Gasteiger partial charge is 0.206 e. The van der Waals surface area contributed by atoms with Crippen molar-refractivity contribution in [2.75, 3.05) is 0 Å². The van der Waals surface area contributed by atoms with Crippen LogP contribution in [0.3, 0.4) is 0 Å². The molecule has 0 aliphatic rings. The first-order valence-electron chi connectivity index (χ1n) is 26.8. The van der Waals surface area contributed by atoms with Gasteiger partial charge in [0.15, 0.2) is 0 Å². The van der Waals surface area contributed by atoms with Crippen molar-refractivity contribution in [3.63, 3.8) is 0 Å². The molecular weight excluding hydrogens is 1160 g/mol. The molecular formula is C70H54O14S3. The van der Waals surface area contributed by atoms with Gasteiger partial charge in [-0.3, -0.25) is 0 Å². The average Bonchev–Trinajstić information content (AvgIpc) is 2.68. The summed E-state index contributed by atoms with van der Waals surface area (Å²) in [4.78, 5) is 0.357. The predicted molar refractivity (Wildman–Crippen MR) is 328 cm³/mol. The van der Waals surface area contributed by atoms with Crippen molar-refractivity contribution in [3.8, 4) is 92.7 Å². The molecule has 0 spiro atoms. The molecule has 0 aliphatic heterocycles. The molecule has 0 saturated heterocycles. The lowest BCUT2D eigenvalue weighted by Gasteiger charge is -2.12. The molecule has 0 amide bonds. The van der Waals surface area contributed by atoms with E-state index in [4.69, 9.17) is 28.4 Å². The molecule has 17 heteroatoms. The molecule has 0 radical (unpaired) electrons. The monoisotopic (exact) mass is 1210 g/mol. The highest BCUT2D eigenvalue weighted by Crippen LogP contribution is 2.35. The van der Waals surface area contributed by atoms with Gasteiger partial charge in [0.25, 0.3) is 0 Å². The summed E-state index contributed by atoms with van der Waals surface area (Å²) in [5, 5.41) is 19.8. The molecule has 0 heterocycles. The summed E-state index contributed by atoms with van der Waals surface area (Å²) in [5.74, 6) is 16.3. The topological polar surface area (TPSA) is 198 Å². The first-order valence-corrected chi connectivity index (χ1v) is 31.3. The number of sulfone groups is 3. The largest absolute Gasteiger partial charge is 0.457 e. The third-order valence-electron chi connectivity index (χ3n) is 12.5. The second-order valence-corrected chi connectivity index (χ2v) is 26.4. The first kappa shape index (κ1) is 60.0. The van der Waals surface area contributed by atoms with E-state index in [2.05, 4.69) is 23.7 Å². The molecule has 87 heavy (non-hydrogen) atoms. The Morgan fingerprint density at radius 2 is 0.471 bits per heavy atom. The van der Waals surface area contributed by atoms with E-state index >= 15 is 0 Å². The van der Waals surface area contributed by atoms with Crippen LogP contribution in [0.4, 0.5) is 0 Å². The van der Waals surface area contributed by atoms with E-state index < -0.39 is 40.7 Å². The number of hydrogen-bond donors (Lipinski definition) is 2. The Morgan fingerprint density at radius 3 is 0.724 bits per heavy atom. The minimum atomic E-state index is -3.95. The second-order valence-electron chi connectivity index (χ2n) is 20.6. The number of aliphatic hydroxyl groups is 2. The Morgan fingerprint density at radius 1 is 0.264 bits per heavy atom. The molecule has 0 unspecified atom stereocenters. The standard InChI is InChI=1S/C70H54O14S3/c1-69(2,71)44-42-49-14-16-51(17-15-49)79-52-18-30-63(31-19-52)85(73,74)65-34-22-54(23-35-65)81-59-10-6-12-61(47-59)83-56-26-38-67(39-27-56)87(77,78)68-40-28-57(29-41-68)84-62-13-7-11-60(48-62)82-55-24-36-66(37-25-55)86(75,76)64-32-20-53(21-33-64)80-58-9-5-8-50(46-58)43-45-70(3,4)72/h5-41,46-48,71-72H,1-4H3. The van der Waals surface area contributed by atoms with E-state index in [9.17, 15) is 35.5 Å². The predicted octanol–water partition coefficient (Wildman–Crippen LogP) is 15.2. The van der Waals surface area contributed by atoms with Gasteiger partial charge >= 0.3 is 0 Å². The van der Waals surface area contributed by atoms with Gasteiger partial charge < -0.3 is 38.6 Å². The SMILES string of the molecule is CC(C)(O)C#Cc1ccc(Oc2ccc(S(=O)(=O)c3ccc(Oc4cccc(Oc5ccc(S(=O)(=O)c6ccc(Oc7cccc(Oc8ccc(S(=O)(=O)c9ccc(Oc%10cccc(C#CC(C)(C)O)c%10)cc9)cc8)c7)cc6)cc5)c4)cc3)cc2)cc1. The maximum atomic E-state index is 13.7. The summed E-state index contributed by atoms with van der Waals surface area (Å²) in [5.41, 5.74) is -0.898. The number of rotatable bonds is 18. The zero-order valence-corrected chi connectivity index (χ0v) is 49.6. The Balaban J connectivity index is 0.697. The molecule has 14 nitrogen and oxygen atoms in total. The van der Waals surface area contributed by atoms with Crippen molar-refractivity contribution >= 4 is 29.5 Å². The van der Waals surface area contributed by atoms with Crippen LogP contribution in [0.2, 0.25) is 0 Å². The molecule has 10 aromatic carbocycles. The van der Waals surface area contributed by atoms with E-state index in [1.165, 1.54) is 72.8 Å². The Labute approximate surface area is 505 Å². The normalized spacial score (nSPS) is 11.7. The summed E-state index contributed by atoms with van der Waals surface area (Å²) in [6.07, 6.45) is 0. The number of ether oxygens (including phenoxy) is 6. The fourth-order valence-corrected chi connectivity index (χ4v) is 12.0. The molecule has 436 valence electrons. The van der Waals surface area contributed by atoms with Gasteiger partial charge in [-0.25, -0.2) is 25.3 Å². The van der Waals surface area contributed by atoms with Crippen molar-refractivity contribution in [2.45, 2.75) is 68.3 Å². The average molecular weight is 1220 g/mol. The summed E-state index contributed by atoms with van der Waals surface area (Å²) in [7, 11) is -11.7. The number of hydrogen-bond acceptors (Lipinski definition) is 14. The quantitative estimate of drug-likeness (QED) is 0.0769. The molecule has 10 rings (SSSR count). The van der Waals surface area contributed by atoms with Crippen molar-refractivity contribution in [2.24, 2.45) is 0 Å². The van der Waals surface area contributed by atoms with Crippen LogP contribution >= 0.6 is 0 Å². The third-order valence-corrected chi connectivity index (χ3v) is 17.9. The van der Waals surface area contributed by atoms with Crippen LogP contribution in [0, 0.1) is 23.7 Å². The van der Waals surface area contributed by atoms with Crippen LogP contribution in [0.25, 0.3) is 0 Å². The highest BCUT2D eigenvalue weighted by molar-refractivity contribution is 7.92. The van der Waals surface area contributed by atoms with Gasteiger partial charge in [0.2, 0.25) is 29.5 Å². The van der Waals surface area contributed by atoms with E-state index in [0.717, 1.165) is 0 Å². The fourth-order valence-electron chi connectivity index (χ4n) is 8.24. The van der Waals surface area contributed by atoms with Gasteiger partial charge in [-0.05, 0) is 240 Å². The van der Waals surface area contributed by atoms with Crippen LogP contribution in [0.5, 0.6) is 69.0 Å². The summed E-state index contributed by atoms with van der Waals surface area (Å²) < 4.78 is 118. The summed E-state index contributed by atoms with van der Waals surface area (Å²) >= 11 is 0. The molecule has 0 atom stereocenters. The van der Waals surface area contributed by atoms with Gasteiger partial charge in [0.1, 0.15) is 80.2 Å². The maximum absolute atomic E-state index is 13.7. The Hall–Kier alpha value is -10.1. The lowest BCUT2D eigenvalue weighted by molar-refractivity contribution is 0.143. The van der Waals surface area contributed by atoms with E-state index in [1.54, 1.807) is 198 Å². The lowest BCUT2D eigenvalue weighted by atomic mass is 10.1. The minimum absolute atomic E-state index is 0.0382. The van der Waals surface area contributed by atoms with Crippen molar-refractivity contribution in [1.82, 2.24) is 0 Å². The maximum Gasteiger partial charge on any atom is 0.206 e. The van der Waals surface area contributed by atoms with Crippen molar-refractivity contribution in [3.05, 3.63) is 254 Å². The van der Waals surface area contributed by atoms with E-state index in [0.29, 0.717) is 80.1 Å². The first-order chi connectivity index (χ1) is 41.5. The van der Waals surface area contributed by atoms with Crippen LogP contribution in [0.15, 0.2) is 272 Å². The fraction of sp³-hybridized carbons (Fsp3) is 0.0857. The Kier molecular flexibility index (Phi) is 17.4. The van der Waals surface area contributed by atoms with Crippen LogP contribution in [-0.2, 0) is 29.5 Å². The van der Waals surface area contributed by atoms with Crippen LogP contribution in [0.1, 0.15) is 38.8 Å². The molecule has 2 N–H and O–H groups in total. The molecule has 10 aromatic rings. The molecule has 0 aliphatic carbocycles. The molecule has 0 aromatic heterocycles. The minimum Gasteiger partial charge on any atom is -0.457 e. The Bertz CT molecular complexity index is 4570. The van der Waals surface area contributed by atoms with Crippen molar-refractivity contribution < 1.29 is 63.9 Å². The van der Waals surface area contributed by atoms with Gasteiger partial charge in [0.05, 0.1) is 29.4 Å². The van der Waals surface area contributed by atoms with Gasteiger partial charge in [-0.2, -0.15) is 0 Å². The summed E-state index contributed by atoms with van der Waals surface area (Å²) in [6.45, 7) is 6.39. The zero-order valence-electron chi connectivity index (χ0n) is 47.1. The van der Waals surface area contributed by atoms with Gasteiger partial charge in [-0.1, -0.05) is 41.9 Å². The van der Waals surface area contributed by atoms with Gasteiger partial charge in [-0.15, -0.1) is 0 Å². The number of benzene rings is 10. The third kappa shape index (κ3) is 15.8. The molecule has 0 fully saturated rings. The molecule has 0 bridgehead atoms. The lowest BCUT2D eigenvalue weighted by Crippen LogP contribution is -2.14. The highest BCUT2D eigenvalue weighted by Gasteiger charge is 2.22. The summed E-state index contributed by atoms with van der Waals surface area (Å²) in [6, 6.07) is 63.7. The zero-order chi connectivity index (χ0) is 61.4. The van der Waals surface area contributed by atoms with Gasteiger partial charge in [0, 0.05) is 23.3 Å².